The van der Waals surface area contributed by atoms with Gasteiger partial charge in [-0.1, -0.05) is 32.9 Å². The second-order valence-electron chi connectivity index (χ2n) is 9.85. The second-order valence-corrected chi connectivity index (χ2v) is 9.85. The van der Waals surface area contributed by atoms with Crippen LogP contribution in [0.4, 0.5) is 8.78 Å². The Kier molecular flexibility index (Phi) is 4.58. The summed E-state index contributed by atoms with van der Waals surface area (Å²) in [5, 5.41) is 0. The maximum absolute atomic E-state index is 13.9. The lowest BCUT2D eigenvalue weighted by Gasteiger charge is -2.44. The highest BCUT2D eigenvalue weighted by molar-refractivity contribution is 5.75. The van der Waals surface area contributed by atoms with Gasteiger partial charge in [-0.2, -0.15) is 4.57 Å². The minimum atomic E-state index is -0.544. The van der Waals surface area contributed by atoms with Gasteiger partial charge in [0, 0.05) is 31.0 Å². The van der Waals surface area contributed by atoms with E-state index in [4.69, 9.17) is 0 Å². The van der Waals surface area contributed by atoms with Crippen LogP contribution >= 0.6 is 0 Å². The smallest absolute Gasteiger partial charge is 0.207 e. The lowest BCUT2D eigenvalue weighted by atomic mass is 9.62. The van der Waals surface area contributed by atoms with Crippen molar-refractivity contribution in [3.63, 3.8) is 0 Å². The highest BCUT2D eigenvalue weighted by atomic mass is 19.1. The van der Waals surface area contributed by atoms with E-state index in [1.807, 2.05) is 6.07 Å². The maximum Gasteiger partial charge on any atom is 0.213 e. The average molecular weight is 419 g/mol. The average Bonchev–Trinajstić information content (AvgIpc) is 3.11. The van der Waals surface area contributed by atoms with Crippen molar-refractivity contribution in [1.29, 1.82) is 0 Å². The number of hydrogen-bond donors (Lipinski definition) is 0. The number of pyridine rings is 1. The zero-order valence-corrected chi connectivity index (χ0v) is 18.8. The molecule has 1 nitrogen and oxygen atoms in total. The molecule has 5 rings (SSSR count). The van der Waals surface area contributed by atoms with E-state index in [-0.39, 0.29) is 11.0 Å². The molecule has 1 aromatic heterocycles. The summed E-state index contributed by atoms with van der Waals surface area (Å²) >= 11 is 0. The van der Waals surface area contributed by atoms with E-state index < -0.39 is 11.6 Å². The SMILES string of the molecule is CCC12CCCC1(C)[n+]1cc(C(C)C)ccc1-c1cc(-c3cc(F)cc(F)c3)ccc12. The number of benzene rings is 2. The van der Waals surface area contributed by atoms with Gasteiger partial charge in [-0.15, -0.1) is 0 Å². The van der Waals surface area contributed by atoms with Gasteiger partial charge in [0.25, 0.3) is 0 Å². The van der Waals surface area contributed by atoms with Gasteiger partial charge in [-0.25, -0.2) is 8.78 Å². The summed E-state index contributed by atoms with van der Waals surface area (Å²) in [6.45, 7) is 9.20. The van der Waals surface area contributed by atoms with Crippen LogP contribution in [0.2, 0.25) is 0 Å². The molecule has 160 valence electrons. The monoisotopic (exact) mass is 418 g/mol. The van der Waals surface area contributed by atoms with Gasteiger partial charge in [0.2, 0.25) is 5.69 Å². The number of nitrogens with zero attached hydrogens (tertiary/aromatic N) is 1. The van der Waals surface area contributed by atoms with E-state index in [1.165, 1.54) is 47.4 Å². The van der Waals surface area contributed by atoms with Crippen LogP contribution in [0.5, 0.6) is 0 Å². The topological polar surface area (TPSA) is 3.88 Å². The van der Waals surface area contributed by atoms with Crippen LogP contribution in [0.25, 0.3) is 22.4 Å². The first kappa shape index (κ1) is 20.4. The predicted molar refractivity (Wildman–Crippen MR) is 121 cm³/mol. The standard InChI is InChI=1S/C28H30F2N/c1-5-28-12-6-11-27(28,4)31-17-20(18(2)3)8-10-26(31)24-15-19(7-9-25(24)28)21-13-22(29)16-23(30)14-21/h7-10,13-18H,5-6,11-12H2,1-4H3/q+1. The van der Waals surface area contributed by atoms with Crippen LogP contribution in [0.3, 0.4) is 0 Å². The van der Waals surface area contributed by atoms with Gasteiger partial charge in [-0.3, -0.25) is 0 Å². The Bertz CT molecular complexity index is 1160. The van der Waals surface area contributed by atoms with Crippen molar-refractivity contribution in [2.45, 2.75) is 70.3 Å². The quantitative estimate of drug-likeness (QED) is 0.394. The van der Waals surface area contributed by atoms with Crippen LogP contribution in [-0.4, -0.2) is 0 Å². The summed E-state index contributed by atoms with van der Waals surface area (Å²) in [6.07, 6.45) is 6.96. The zero-order chi connectivity index (χ0) is 22.0. The van der Waals surface area contributed by atoms with Crippen molar-refractivity contribution >= 4 is 0 Å². The highest BCUT2D eigenvalue weighted by Crippen LogP contribution is 2.57. The molecule has 0 amide bonds. The van der Waals surface area contributed by atoms with Crippen molar-refractivity contribution < 1.29 is 13.3 Å². The Hall–Kier alpha value is -2.55. The lowest BCUT2D eigenvalue weighted by Crippen LogP contribution is -2.66. The molecule has 2 heterocycles. The molecule has 1 saturated carbocycles. The fourth-order valence-electron chi connectivity index (χ4n) is 6.33. The fourth-order valence-corrected chi connectivity index (χ4v) is 6.33. The largest absolute Gasteiger partial charge is 0.213 e. The summed E-state index contributed by atoms with van der Waals surface area (Å²) in [4.78, 5) is 0. The fraction of sp³-hybridized carbons (Fsp3) is 0.393. The summed E-state index contributed by atoms with van der Waals surface area (Å²) < 4.78 is 30.3. The molecule has 2 unspecified atom stereocenters. The van der Waals surface area contributed by atoms with Gasteiger partial charge in [-0.05, 0) is 66.1 Å². The van der Waals surface area contributed by atoms with Crippen molar-refractivity contribution in [1.82, 2.24) is 0 Å². The van der Waals surface area contributed by atoms with Crippen molar-refractivity contribution in [2.75, 3.05) is 0 Å². The van der Waals surface area contributed by atoms with E-state index in [1.54, 1.807) is 0 Å². The molecule has 1 aliphatic carbocycles. The van der Waals surface area contributed by atoms with Crippen LogP contribution in [0.1, 0.15) is 70.4 Å². The normalized spacial score (nSPS) is 24.1. The number of rotatable bonds is 3. The summed E-state index contributed by atoms with van der Waals surface area (Å²) in [5.41, 5.74) is 6.65. The molecular formula is C28H30F2N+. The molecular weight excluding hydrogens is 388 g/mol. The molecule has 0 saturated heterocycles. The number of aromatic nitrogens is 1. The first-order valence-electron chi connectivity index (χ1n) is 11.5. The van der Waals surface area contributed by atoms with Gasteiger partial charge in [0.05, 0.1) is 11.0 Å². The Morgan fingerprint density at radius 1 is 0.935 bits per heavy atom. The molecule has 0 radical (unpaired) electrons. The van der Waals surface area contributed by atoms with Crippen LogP contribution in [0.15, 0.2) is 54.7 Å². The highest BCUT2D eigenvalue weighted by Gasteiger charge is 2.62. The summed E-state index contributed by atoms with van der Waals surface area (Å²) in [7, 11) is 0. The van der Waals surface area contributed by atoms with E-state index in [2.05, 4.69) is 62.7 Å². The molecule has 1 aliphatic heterocycles. The molecule has 0 bridgehead atoms. The van der Waals surface area contributed by atoms with Crippen LogP contribution in [-0.2, 0) is 11.0 Å². The molecule has 1 fully saturated rings. The predicted octanol–water partition coefficient (Wildman–Crippen LogP) is 7.27. The minimum absolute atomic E-state index is 0.0292. The van der Waals surface area contributed by atoms with Gasteiger partial charge in [0.15, 0.2) is 11.7 Å². The third-order valence-corrected chi connectivity index (χ3v) is 8.08. The Labute approximate surface area is 183 Å². The molecule has 31 heavy (non-hydrogen) atoms. The summed E-state index contributed by atoms with van der Waals surface area (Å²) in [6, 6.07) is 14.6. The van der Waals surface area contributed by atoms with Gasteiger partial charge in [0.1, 0.15) is 11.6 Å². The molecule has 2 aliphatic rings. The molecule has 2 atom stereocenters. The van der Waals surface area contributed by atoms with Gasteiger partial charge >= 0.3 is 0 Å². The van der Waals surface area contributed by atoms with Crippen LogP contribution in [0, 0.1) is 11.6 Å². The van der Waals surface area contributed by atoms with E-state index in [9.17, 15) is 8.78 Å². The van der Waals surface area contributed by atoms with Crippen molar-refractivity contribution in [3.05, 3.63) is 77.5 Å². The molecule has 0 N–H and O–H groups in total. The van der Waals surface area contributed by atoms with Crippen molar-refractivity contribution in [3.8, 4) is 22.4 Å². The first-order chi connectivity index (χ1) is 14.8. The summed E-state index contributed by atoms with van der Waals surface area (Å²) in [5.74, 6) is -0.628. The van der Waals surface area contributed by atoms with E-state index in [0.717, 1.165) is 24.5 Å². The van der Waals surface area contributed by atoms with Gasteiger partial charge < -0.3 is 0 Å². The minimum Gasteiger partial charge on any atom is -0.207 e. The lowest BCUT2D eigenvalue weighted by molar-refractivity contribution is -0.762. The Morgan fingerprint density at radius 2 is 1.68 bits per heavy atom. The van der Waals surface area contributed by atoms with Crippen LogP contribution < -0.4 is 4.57 Å². The zero-order valence-electron chi connectivity index (χ0n) is 18.8. The third-order valence-electron chi connectivity index (χ3n) is 8.08. The Morgan fingerprint density at radius 3 is 2.35 bits per heavy atom. The number of fused-ring (bicyclic) bond motifs is 6. The molecule has 0 spiro atoms. The third kappa shape index (κ3) is 2.82. The maximum atomic E-state index is 13.9. The second kappa shape index (κ2) is 6.98. The van der Waals surface area contributed by atoms with Crippen molar-refractivity contribution in [2.24, 2.45) is 0 Å². The Balaban J connectivity index is 1.79. The number of hydrogen-bond acceptors (Lipinski definition) is 0. The van der Waals surface area contributed by atoms with E-state index in [0.29, 0.717) is 11.5 Å². The first-order valence-corrected chi connectivity index (χ1v) is 11.5. The molecule has 3 aromatic rings. The van der Waals surface area contributed by atoms with E-state index >= 15 is 0 Å². The molecule has 3 heteroatoms. The number of halogens is 2. The molecule has 2 aromatic carbocycles.